The quantitative estimate of drug-likeness (QED) is 0.793. The fourth-order valence-corrected chi connectivity index (χ4v) is 2.89. The summed E-state index contributed by atoms with van der Waals surface area (Å²) in [4.78, 5) is 26.7. The Labute approximate surface area is 151 Å². The normalized spacial score (nSPS) is 14.0. The van der Waals surface area contributed by atoms with E-state index < -0.39 is 12.6 Å². The van der Waals surface area contributed by atoms with E-state index in [1.54, 1.807) is 34.1 Å². The Morgan fingerprint density at radius 1 is 1.00 bits per heavy atom. The zero-order valence-electron chi connectivity index (χ0n) is 14.3. The summed E-state index contributed by atoms with van der Waals surface area (Å²) in [5.74, 6) is -0.577. The Morgan fingerprint density at radius 2 is 1.54 bits per heavy atom. The number of nitrogens with zero attached hydrogens (tertiary/aromatic N) is 2. The van der Waals surface area contributed by atoms with E-state index in [0.717, 1.165) is 23.4 Å². The van der Waals surface area contributed by atoms with Crippen LogP contribution in [-0.4, -0.2) is 43.3 Å². The van der Waals surface area contributed by atoms with E-state index in [0.29, 0.717) is 25.4 Å². The second kappa shape index (κ2) is 7.88. The summed E-state index contributed by atoms with van der Waals surface area (Å²) >= 11 is 0. The minimum absolute atomic E-state index is 0.0872. The minimum atomic E-state index is -1.03. The molecule has 3 rings (SSSR count). The van der Waals surface area contributed by atoms with Crippen LogP contribution in [0.2, 0.25) is 0 Å². The van der Waals surface area contributed by atoms with Crippen LogP contribution >= 0.6 is 0 Å². The molecule has 0 aliphatic carbocycles. The largest absolute Gasteiger partial charge is 0.482 e. The van der Waals surface area contributed by atoms with Crippen LogP contribution in [0, 0.1) is 0 Å². The number of amides is 2. The van der Waals surface area contributed by atoms with Crippen LogP contribution in [0.3, 0.4) is 0 Å². The molecule has 0 radical (unpaired) electrons. The van der Waals surface area contributed by atoms with E-state index in [9.17, 15) is 9.59 Å². The van der Waals surface area contributed by atoms with Gasteiger partial charge in [0.05, 0.1) is 0 Å². The summed E-state index contributed by atoms with van der Waals surface area (Å²) in [6.07, 6.45) is 0.816. The van der Waals surface area contributed by atoms with Gasteiger partial charge in [-0.05, 0) is 54.9 Å². The molecule has 0 aromatic heterocycles. The van der Waals surface area contributed by atoms with Crippen LogP contribution in [0.15, 0.2) is 48.5 Å². The van der Waals surface area contributed by atoms with Crippen molar-refractivity contribution in [3.05, 3.63) is 54.1 Å². The highest BCUT2D eigenvalue weighted by molar-refractivity contribution is 6.06. The second-order valence-corrected chi connectivity index (χ2v) is 5.97. The zero-order valence-corrected chi connectivity index (χ0v) is 14.3. The number of hydrogen-bond donors (Lipinski definition) is 2. The van der Waals surface area contributed by atoms with E-state index in [2.05, 4.69) is 0 Å². The van der Waals surface area contributed by atoms with Crippen molar-refractivity contribution in [3.63, 3.8) is 0 Å². The topological polar surface area (TPSA) is 96.1 Å². The summed E-state index contributed by atoms with van der Waals surface area (Å²) in [7, 11) is 0. The van der Waals surface area contributed by atoms with Gasteiger partial charge in [-0.3, -0.25) is 9.80 Å². The number of aliphatic carboxylic acids is 1. The Hall–Kier alpha value is -3.06. The van der Waals surface area contributed by atoms with Gasteiger partial charge < -0.3 is 15.6 Å². The molecule has 1 fully saturated rings. The molecule has 136 valence electrons. The van der Waals surface area contributed by atoms with Crippen molar-refractivity contribution >= 4 is 23.4 Å². The first-order valence-electron chi connectivity index (χ1n) is 8.41. The third-order valence-corrected chi connectivity index (χ3v) is 4.20. The number of urea groups is 1. The Kier molecular flexibility index (Phi) is 5.38. The van der Waals surface area contributed by atoms with Gasteiger partial charge in [0, 0.05) is 24.5 Å². The molecule has 0 atom stereocenters. The summed E-state index contributed by atoms with van der Waals surface area (Å²) in [6.45, 7) is 1.39. The fourth-order valence-electron chi connectivity index (χ4n) is 2.89. The number of carbonyl (C=O) groups is 2. The standard InChI is InChI=1S/C19H21N3O4/c20-10-9-14-1-3-15(4-2-14)21-11-12-22(19(21)25)16-5-7-17(8-6-16)26-13-18(23)24/h1-8H,9-13,20H2,(H,23,24). The number of hydrogen-bond acceptors (Lipinski definition) is 4. The SMILES string of the molecule is NCCc1ccc(N2CCN(c3ccc(OCC(=O)O)cc3)C2=O)cc1. The lowest BCUT2D eigenvalue weighted by Gasteiger charge is -2.19. The number of ether oxygens (including phenoxy) is 1. The number of benzene rings is 2. The molecule has 1 aliphatic heterocycles. The Balaban J connectivity index is 1.67. The fraction of sp³-hybridized carbons (Fsp3) is 0.263. The molecule has 0 bridgehead atoms. The maximum Gasteiger partial charge on any atom is 0.341 e. The predicted molar refractivity (Wildman–Crippen MR) is 98.9 cm³/mol. The Morgan fingerprint density at radius 3 is 2.04 bits per heavy atom. The van der Waals surface area contributed by atoms with Crippen molar-refractivity contribution in [1.29, 1.82) is 0 Å². The molecule has 7 nitrogen and oxygen atoms in total. The zero-order chi connectivity index (χ0) is 18.5. The van der Waals surface area contributed by atoms with E-state index in [1.807, 2.05) is 24.3 Å². The van der Waals surface area contributed by atoms with Gasteiger partial charge in [0.25, 0.3) is 0 Å². The first-order valence-corrected chi connectivity index (χ1v) is 8.41. The van der Waals surface area contributed by atoms with Crippen molar-refractivity contribution in [2.24, 2.45) is 5.73 Å². The summed E-state index contributed by atoms with van der Waals surface area (Å²) < 4.78 is 5.11. The van der Waals surface area contributed by atoms with Crippen molar-refractivity contribution < 1.29 is 19.4 Å². The molecule has 2 aromatic rings. The van der Waals surface area contributed by atoms with Crippen molar-refractivity contribution in [3.8, 4) is 5.75 Å². The predicted octanol–water partition coefficient (Wildman–Crippen LogP) is 2.10. The molecule has 3 N–H and O–H groups in total. The van der Waals surface area contributed by atoms with Crippen LogP contribution < -0.4 is 20.3 Å². The number of anilines is 2. The smallest absolute Gasteiger partial charge is 0.341 e. The van der Waals surface area contributed by atoms with Gasteiger partial charge in [0.2, 0.25) is 0 Å². The number of carbonyl (C=O) groups excluding carboxylic acids is 1. The van der Waals surface area contributed by atoms with Gasteiger partial charge in [-0.25, -0.2) is 9.59 Å². The van der Waals surface area contributed by atoms with E-state index in [1.165, 1.54) is 0 Å². The highest BCUT2D eigenvalue weighted by atomic mass is 16.5. The van der Waals surface area contributed by atoms with Crippen LogP contribution in [0.5, 0.6) is 5.75 Å². The lowest BCUT2D eigenvalue weighted by atomic mass is 10.1. The van der Waals surface area contributed by atoms with E-state index in [4.69, 9.17) is 15.6 Å². The Bertz CT molecular complexity index is 774. The van der Waals surface area contributed by atoms with Crippen LogP contribution in [0.1, 0.15) is 5.56 Å². The first-order chi connectivity index (χ1) is 12.6. The lowest BCUT2D eigenvalue weighted by Crippen LogP contribution is -2.31. The van der Waals surface area contributed by atoms with Crippen LogP contribution in [0.25, 0.3) is 0 Å². The molecular weight excluding hydrogens is 334 g/mol. The molecule has 2 amide bonds. The third kappa shape index (κ3) is 3.94. The van der Waals surface area contributed by atoms with Crippen LogP contribution in [-0.2, 0) is 11.2 Å². The maximum absolute atomic E-state index is 12.7. The van der Waals surface area contributed by atoms with Gasteiger partial charge in [-0.1, -0.05) is 12.1 Å². The van der Waals surface area contributed by atoms with Gasteiger partial charge in [-0.15, -0.1) is 0 Å². The highest BCUT2D eigenvalue weighted by Gasteiger charge is 2.30. The molecule has 0 saturated carbocycles. The van der Waals surface area contributed by atoms with Gasteiger partial charge in [0.15, 0.2) is 6.61 Å². The van der Waals surface area contributed by atoms with Gasteiger partial charge in [0.1, 0.15) is 5.75 Å². The lowest BCUT2D eigenvalue weighted by molar-refractivity contribution is -0.139. The second-order valence-electron chi connectivity index (χ2n) is 5.97. The maximum atomic E-state index is 12.7. The molecule has 2 aromatic carbocycles. The minimum Gasteiger partial charge on any atom is -0.482 e. The van der Waals surface area contributed by atoms with Gasteiger partial charge >= 0.3 is 12.0 Å². The molecule has 1 aliphatic rings. The average molecular weight is 355 g/mol. The van der Waals surface area contributed by atoms with Gasteiger partial charge in [-0.2, -0.15) is 0 Å². The molecule has 1 heterocycles. The first kappa shape index (κ1) is 17.8. The van der Waals surface area contributed by atoms with Crippen LogP contribution in [0.4, 0.5) is 16.2 Å². The third-order valence-electron chi connectivity index (χ3n) is 4.20. The van der Waals surface area contributed by atoms with E-state index in [-0.39, 0.29) is 6.03 Å². The summed E-state index contributed by atoms with van der Waals surface area (Å²) in [5, 5.41) is 8.63. The summed E-state index contributed by atoms with van der Waals surface area (Å²) in [5.41, 5.74) is 8.32. The molecule has 7 heteroatoms. The highest BCUT2D eigenvalue weighted by Crippen LogP contribution is 2.27. The molecule has 0 unspecified atom stereocenters. The monoisotopic (exact) mass is 355 g/mol. The van der Waals surface area contributed by atoms with Crippen molar-refractivity contribution in [2.75, 3.05) is 36.0 Å². The molecular formula is C19H21N3O4. The molecule has 1 saturated heterocycles. The number of nitrogens with two attached hydrogens (primary N) is 1. The van der Waals surface area contributed by atoms with E-state index >= 15 is 0 Å². The molecule has 26 heavy (non-hydrogen) atoms. The summed E-state index contributed by atoms with van der Waals surface area (Å²) in [6, 6.07) is 14.6. The molecule has 0 spiro atoms. The van der Waals surface area contributed by atoms with Crippen molar-refractivity contribution in [1.82, 2.24) is 0 Å². The average Bonchev–Trinajstić information content (AvgIpc) is 3.03. The van der Waals surface area contributed by atoms with Crippen molar-refractivity contribution in [2.45, 2.75) is 6.42 Å². The number of carboxylic acid groups (broad SMARTS) is 1. The number of rotatable bonds is 7. The number of carboxylic acids is 1.